The van der Waals surface area contributed by atoms with E-state index in [0.717, 1.165) is 31.1 Å². The highest BCUT2D eigenvalue weighted by Gasteiger charge is 2.26. The van der Waals surface area contributed by atoms with Crippen LogP contribution in [0.25, 0.3) is 16.8 Å². The number of hydrogen-bond acceptors (Lipinski definition) is 3. The first-order valence-electron chi connectivity index (χ1n) is 11.5. The number of aromatic nitrogens is 1. The molecule has 29 heavy (non-hydrogen) atoms. The molecule has 3 heteroatoms. The van der Waals surface area contributed by atoms with Gasteiger partial charge in [-0.3, -0.25) is 4.98 Å². The van der Waals surface area contributed by atoms with Gasteiger partial charge in [-0.2, -0.15) is 0 Å². The molecule has 1 aromatic carbocycles. The largest absolute Gasteiger partial charge is 0.310 e. The standard InChI is InChI=1S/C26H35N3/c1-4-16-28(17-5-2)29-19-24(12-11-20(29)3)25-10-7-15-27-26(25)23-9-6-8-22(18-23)21-13-14-21/h6-10,15,18-21H,4-5,11-14,16-17H2,1-3H3. The van der Waals surface area contributed by atoms with Crippen molar-refractivity contribution in [3.63, 3.8) is 0 Å². The van der Waals surface area contributed by atoms with E-state index in [1.807, 2.05) is 6.20 Å². The molecule has 0 N–H and O–H groups in total. The summed E-state index contributed by atoms with van der Waals surface area (Å²) in [5.41, 5.74) is 6.58. The molecule has 1 atom stereocenters. The molecule has 1 aliphatic heterocycles. The fraction of sp³-hybridized carbons (Fsp3) is 0.500. The fourth-order valence-electron chi connectivity index (χ4n) is 4.52. The van der Waals surface area contributed by atoms with Crippen LogP contribution >= 0.6 is 0 Å². The molecule has 0 radical (unpaired) electrons. The minimum atomic E-state index is 0.551. The smallest absolute Gasteiger partial charge is 0.0777 e. The third-order valence-corrected chi connectivity index (χ3v) is 6.22. The van der Waals surface area contributed by atoms with Gasteiger partial charge in [0.2, 0.25) is 0 Å². The topological polar surface area (TPSA) is 19.4 Å². The monoisotopic (exact) mass is 389 g/mol. The van der Waals surface area contributed by atoms with Crippen LogP contribution in [0.1, 0.15) is 76.3 Å². The summed E-state index contributed by atoms with van der Waals surface area (Å²) in [6, 6.07) is 14.0. The van der Waals surface area contributed by atoms with Crippen LogP contribution in [0.4, 0.5) is 0 Å². The Balaban J connectivity index is 1.69. The Morgan fingerprint density at radius 2 is 1.83 bits per heavy atom. The van der Waals surface area contributed by atoms with E-state index in [2.05, 4.69) is 73.4 Å². The van der Waals surface area contributed by atoms with Crippen molar-refractivity contribution in [2.45, 2.75) is 71.3 Å². The van der Waals surface area contributed by atoms with Crippen LogP contribution in [0.15, 0.2) is 48.8 Å². The highest BCUT2D eigenvalue weighted by atomic mass is 15.6. The van der Waals surface area contributed by atoms with Crippen molar-refractivity contribution in [1.82, 2.24) is 15.0 Å². The molecule has 0 spiro atoms. The average molecular weight is 390 g/mol. The zero-order chi connectivity index (χ0) is 20.2. The summed E-state index contributed by atoms with van der Waals surface area (Å²) in [5.74, 6) is 0.768. The van der Waals surface area contributed by atoms with Crippen LogP contribution in [-0.2, 0) is 0 Å². The van der Waals surface area contributed by atoms with Crippen molar-refractivity contribution in [2.75, 3.05) is 13.1 Å². The first-order valence-corrected chi connectivity index (χ1v) is 11.5. The molecule has 0 amide bonds. The van der Waals surface area contributed by atoms with Crippen molar-refractivity contribution in [1.29, 1.82) is 0 Å². The molecule has 1 unspecified atom stereocenters. The third kappa shape index (κ3) is 4.56. The molecule has 4 rings (SSSR count). The number of hydrazine groups is 1. The van der Waals surface area contributed by atoms with Crippen molar-refractivity contribution < 1.29 is 0 Å². The first kappa shape index (κ1) is 20.2. The van der Waals surface area contributed by atoms with E-state index in [4.69, 9.17) is 4.98 Å². The van der Waals surface area contributed by atoms with Gasteiger partial charge in [0.1, 0.15) is 0 Å². The van der Waals surface area contributed by atoms with Crippen LogP contribution in [0.2, 0.25) is 0 Å². The predicted molar refractivity (Wildman–Crippen MR) is 122 cm³/mol. The molecule has 0 bridgehead atoms. The van der Waals surface area contributed by atoms with Gasteiger partial charge in [0.25, 0.3) is 0 Å². The molecule has 2 aromatic rings. The summed E-state index contributed by atoms with van der Waals surface area (Å²) in [6.07, 6.45) is 11.7. The normalized spacial score (nSPS) is 19.5. The number of benzene rings is 1. The van der Waals surface area contributed by atoms with Gasteiger partial charge in [0, 0.05) is 42.7 Å². The number of nitrogens with zero attached hydrogens (tertiary/aromatic N) is 3. The van der Waals surface area contributed by atoms with Crippen LogP contribution in [0, 0.1) is 0 Å². The molecule has 1 fully saturated rings. The second kappa shape index (κ2) is 9.13. The predicted octanol–water partition coefficient (Wildman–Crippen LogP) is 6.49. The number of rotatable bonds is 8. The van der Waals surface area contributed by atoms with E-state index in [0.29, 0.717) is 6.04 Å². The van der Waals surface area contributed by atoms with Gasteiger partial charge in [-0.05, 0) is 74.6 Å². The maximum absolute atomic E-state index is 4.83. The molecule has 1 aromatic heterocycles. The van der Waals surface area contributed by atoms with E-state index in [-0.39, 0.29) is 0 Å². The molecule has 1 saturated carbocycles. The van der Waals surface area contributed by atoms with Gasteiger partial charge in [-0.25, -0.2) is 5.01 Å². The van der Waals surface area contributed by atoms with E-state index in [1.165, 1.54) is 54.4 Å². The third-order valence-electron chi connectivity index (χ3n) is 6.22. The molecule has 154 valence electrons. The van der Waals surface area contributed by atoms with Gasteiger partial charge in [-0.15, -0.1) is 0 Å². The summed E-state index contributed by atoms with van der Waals surface area (Å²) in [6.45, 7) is 9.13. The van der Waals surface area contributed by atoms with Gasteiger partial charge >= 0.3 is 0 Å². The van der Waals surface area contributed by atoms with Crippen molar-refractivity contribution >= 4 is 5.57 Å². The van der Waals surface area contributed by atoms with Crippen molar-refractivity contribution in [3.05, 3.63) is 59.9 Å². The second-order valence-corrected chi connectivity index (χ2v) is 8.68. The first-order chi connectivity index (χ1) is 14.2. The zero-order valence-corrected chi connectivity index (χ0v) is 18.3. The van der Waals surface area contributed by atoms with Crippen molar-refractivity contribution in [3.8, 4) is 11.3 Å². The van der Waals surface area contributed by atoms with E-state index in [1.54, 1.807) is 0 Å². The lowest BCUT2D eigenvalue weighted by molar-refractivity contribution is -0.0158. The quantitative estimate of drug-likeness (QED) is 0.514. The molecular weight excluding hydrogens is 354 g/mol. The Bertz CT molecular complexity index is 847. The summed E-state index contributed by atoms with van der Waals surface area (Å²) < 4.78 is 0. The van der Waals surface area contributed by atoms with Crippen LogP contribution in [-0.4, -0.2) is 34.1 Å². The lowest BCUT2D eigenvalue weighted by Crippen LogP contribution is -2.46. The Labute approximate surface area is 176 Å². The van der Waals surface area contributed by atoms with Crippen molar-refractivity contribution in [2.24, 2.45) is 0 Å². The highest BCUT2D eigenvalue weighted by molar-refractivity contribution is 5.79. The Kier molecular flexibility index (Phi) is 6.34. The summed E-state index contributed by atoms with van der Waals surface area (Å²) >= 11 is 0. The summed E-state index contributed by atoms with van der Waals surface area (Å²) in [5, 5.41) is 5.04. The van der Waals surface area contributed by atoms with Crippen LogP contribution in [0.5, 0.6) is 0 Å². The molecule has 3 nitrogen and oxygen atoms in total. The zero-order valence-electron chi connectivity index (χ0n) is 18.3. The Hall–Kier alpha value is -2.13. The number of hydrogen-bond donors (Lipinski definition) is 0. The Morgan fingerprint density at radius 1 is 1.03 bits per heavy atom. The van der Waals surface area contributed by atoms with E-state index in [9.17, 15) is 0 Å². The van der Waals surface area contributed by atoms with E-state index < -0.39 is 0 Å². The number of allylic oxidation sites excluding steroid dienone is 1. The van der Waals surface area contributed by atoms with Crippen LogP contribution in [0.3, 0.4) is 0 Å². The molecule has 0 saturated heterocycles. The maximum atomic E-state index is 4.83. The van der Waals surface area contributed by atoms with E-state index >= 15 is 0 Å². The van der Waals surface area contributed by atoms with Crippen LogP contribution < -0.4 is 0 Å². The highest BCUT2D eigenvalue weighted by Crippen LogP contribution is 2.42. The number of pyridine rings is 1. The second-order valence-electron chi connectivity index (χ2n) is 8.68. The summed E-state index contributed by atoms with van der Waals surface area (Å²) in [4.78, 5) is 4.83. The molecule has 2 heterocycles. The van der Waals surface area contributed by atoms with Gasteiger partial charge in [-0.1, -0.05) is 38.1 Å². The SMILES string of the molecule is CCCN(CCC)N1C=C(c2cccnc2-c2cccc(C3CC3)c2)CCC1C. The molecular formula is C26H35N3. The minimum Gasteiger partial charge on any atom is -0.310 e. The van der Waals surface area contributed by atoms with Gasteiger partial charge in [0.05, 0.1) is 5.69 Å². The van der Waals surface area contributed by atoms with Gasteiger partial charge in [0.15, 0.2) is 0 Å². The Morgan fingerprint density at radius 3 is 2.55 bits per heavy atom. The lowest BCUT2D eigenvalue weighted by atomic mass is 9.92. The summed E-state index contributed by atoms with van der Waals surface area (Å²) in [7, 11) is 0. The maximum Gasteiger partial charge on any atom is 0.0777 e. The molecule has 1 aliphatic carbocycles. The van der Waals surface area contributed by atoms with Gasteiger partial charge < -0.3 is 5.01 Å². The lowest BCUT2D eigenvalue weighted by Gasteiger charge is -2.41. The fourth-order valence-corrected chi connectivity index (χ4v) is 4.52. The minimum absolute atomic E-state index is 0.551. The average Bonchev–Trinajstić information content (AvgIpc) is 3.60. The molecule has 2 aliphatic rings.